The normalized spacial score (nSPS) is 21.9. The number of aromatic amines is 1. The summed E-state index contributed by atoms with van der Waals surface area (Å²) in [5, 5.41) is 1.87. The second-order valence-corrected chi connectivity index (χ2v) is 10.2. The van der Waals surface area contributed by atoms with E-state index in [1.54, 1.807) is 0 Å². The van der Waals surface area contributed by atoms with Gasteiger partial charge in [0.2, 0.25) is 5.91 Å². The van der Waals surface area contributed by atoms with Crippen molar-refractivity contribution in [2.45, 2.75) is 18.6 Å². The molecule has 3 aromatic rings. The smallest absolute Gasteiger partial charge is 0.225 e. The molecule has 0 unspecified atom stereocenters. The van der Waals surface area contributed by atoms with Crippen LogP contribution in [0.5, 0.6) is 5.75 Å². The minimum atomic E-state index is -0.713. The number of nitrogens with zero attached hydrogens (tertiary/aromatic N) is 3. The Balaban J connectivity index is 1.31. The van der Waals surface area contributed by atoms with E-state index < -0.39 is 5.60 Å². The van der Waals surface area contributed by atoms with Gasteiger partial charge >= 0.3 is 0 Å². The van der Waals surface area contributed by atoms with Crippen molar-refractivity contribution in [3.05, 3.63) is 65.3 Å². The number of ether oxygens (including phenoxy) is 2. The van der Waals surface area contributed by atoms with Gasteiger partial charge in [-0.15, -0.1) is 0 Å². The summed E-state index contributed by atoms with van der Waals surface area (Å²) in [5.74, 6) is 0.853. The van der Waals surface area contributed by atoms with E-state index in [-0.39, 0.29) is 5.91 Å². The summed E-state index contributed by atoms with van der Waals surface area (Å²) in [6, 6.07) is 15.9. The third-order valence-electron chi connectivity index (χ3n) is 7.00. The van der Waals surface area contributed by atoms with Gasteiger partial charge in [0.1, 0.15) is 18.0 Å². The standard InChI is InChI=1S/C27H33ClN4O3/c1-30-10-12-32(13-11-30)26(33)17-27(20-34-24-6-4-23(28)5-7-24)19-31(14-15-35-27)18-21-2-3-22-8-9-29-25(22)16-21/h2-9,16,29H,10-15,17-20H2,1H3/t27-/m0/s1. The zero-order valence-electron chi connectivity index (χ0n) is 20.2. The molecule has 1 amide bonds. The number of benzene rings is 2. The third-order valence-corrected chi connectivity index (χ3v) is 7.25. The third kappa shape index (κ3) is 5.98. The number of likely N-dealkylation sites (N-methyl/N-ethyl adjacent to an activating group) is 1. The number of amides is 1. The molecule has 2 fully saturated rings. The summed E-state index contributed by atoms with van der Waals surface area (Å²) in [5.41, 5.74) is 1.66. The molecule has 2 aliphatic heterocycles. The Morgan fingerprint density at radius 3 is 2.69 bits per heavy atom. The number of piperazine rings is 1. The van der Waals surface area contributed by atoms with Crippen LogP contribution in [0.2, 0.25) is 5.02 Å². The summed E-state index contributed by atoms with van der Waals surface area (Å²) in [7, 11) is 2.09. The molecule has 0 bridgehead atoms. The molecule has 7 nitrogen and oxygen atoms in total. The van der Waals surface area contributed by atoms with E-state index >= 15 is 0 Å². The molecule has 1 N–H and O–H groups in total. The van der Waals surface area contributed by atoms with Crippen molar-refractivity contribution < 1.29 is 14.3 Å². The number of H-pyrrole nitrogens is 1. The van der Waals surface area contributed by atoms with Gasteiger partial charge in [-0.25, -0.2) is 0 Å². The van der Waals surface area contributed by atoms with Crippen molar-refractivity contribution in [1.82, 2.24) is 19.7 Å². The van der Waals surface area contributed by atoms with Crippen LogP contribution >= 0.6 is 11.6 Å². The van der Waals surface area contributed by atoms with Crippen LogP contribution in [0, 0.1) is 0 Å². The number of carbonyl (C=O) groups excluding carboxylic acids is 1. The molecule has 186 valence electrons. The fraction of sp³-hybridized carbons (Fsp3) is 0.444. The van der Waals surface area contributed by atoms with E-state index in [9.17, 15) is 4.79 Å². The van der Waals surface area contributed by atoms with E-state index in [0.29, 0.717) is 31.2 Å². The number of morpholine rings is 1. The number of nitrogens with one attached hydrogen (secondary N) is 1. The van der Waals surface area contributed by atoms with Crippen LogP contribution in [0.3, 0.4) is 0 Å². The lowest BCUT2D eigenvalue weighted by Crippen LogP contribution is -2.58. The largest absolute Gasteiger partial charge is 0.491 e. The van der Waals surface area contributed by atoms with Crippen molar-refractivity contribution in [2.24, 2.45) is 0 Å². The fourth-order valence-corrected chi connectivity index (χ4v) is 5.07. The van der Waals surface area contributed by atoms with Crippen LogP contribution in [0.1, 0.15) is 12.0 Å². The highest BCUT2D eigenvalue weighted by Crippen LogP contribution is 2.27. The highest BCUT2D eigenvalue weighted by molar-refractivity contribution is 6.30. The van der Waals surface area contributed by atoms with E-state index in [4.69, 9.17) is 21.1 Å². The lowest BCUT2D eigenvalue weighted by atomic mass is 9.96. The van der Waals surface area contributed by atoms with Gasteiger partial charge in [-0.05, 0) is 54.4 Å². The molecule has 1 aromatic heterocycles. The fourth-order valence-electron chi connectivity index (χ4n) is 4.94. The highest BCUT2D eigenvalue weighted by atomic mass is 35.5. The minimum absolute atomic E-state index is 0.132. The molecule has 35 heavy (non-hydrogen) atoms. The number of hydrogen-bond donors (Lipinski definition) is 1. The van der Waals surface area contributed by atoms with Gasteiger partial charge in [0.15, 0.2) is 0 Å². The Bertz CT molecular complexity index is 1140. The van der Waals surface area contributed by atoms with Crippen LogP contribution in [0.15, 0.2) is 54.7 Å². The average molecular weight is 497 g/mol. The van der Waals surface area contributed by atoms with Gasteiger partial charge in [-0.2, -0.15) is 0 Å². The lowest BCUT2D eigenvalue weighted by molar-refractivity contribution is -0.157. The molecule has 0 saturated carbocycles. The van der Waals surface area contributed by atoms with Gasteiger partial charge in [0.25, 0.3) is 0 Å². The number of rotatable bonds is 7. The number of halogens is 1. The first-order valence-corrected chi connectivity index (χ1v) is 12.6. The number of aromatic nitrogens is 1. The maximum atomic E-state index is 13.3. The van der Waals surface area contributed by atoms with Gasteiger partial charge in [0.05, 0.1) is 13.0 Å². The monoisotopic (exact) mass is 496 g/mol. The van der Waals surface area contributed by atoms with Crippen LogP contribution in [0.25, 0.3) is 10.9 Å². The molecule has 0 radical (unpaired) electrons. The molecule has 0 aliphatic carbocycles. The molecule has 3 heterocycles. The Kier molecular flexibility index (Phi) is 7.29. The SMILES string of the molecule is CN1CCN(C(=O)C[C@@]2(COc3ccc(Cl)cc3)CN(Cc3ccc4cc[nH]c4c3)CCO2)CC1. The summed E-state index contributed by atoms with van der Waals surface area (Å²) in [6.07, 6.45) is 2.27. The summed E-state index contributed by atoms with van der Waals surface area (Å²) in [6.45, 7) is 6.40. The maximum absolute atomic E-state index is 13.3. The maximum Gasteiger partial charge on any atom is 0.225 e. The first kappa shape index (κ1) is 24.1. The first-order valence-electron chi connectivity index (χ1n) is 12.3. The van der Waals surface area contributed by atoms with E-state index in [0.717, 1.165) is 50.5 Å². The highest BCUT2D eigenvalue weighted by Gasteiger charge is 2.41. The Morgan fingerprint density at radius 1 is 1.09 bits per heavy atom. The quantitative estimate of drug-likeness (QED) is 0.541. The zero-order chi connectivity index (χ0) is 24.3. The zero-order valence-corrected chi connectivity index (χ0v) is 21.0. The predicted molar refractivity (Wildman–Crippen MR) is 138 cm³/mol. The predicted octanol–water partition coefficient (Wildman–Crippen LogP) is 3.64. The number of fused-ring (bicyclic) bond motifs is 1. The van der Waals surface area contributed by atoms with Crippen molar-refractivity contribution in [1.29, 1.82) is 0 Å². The molecular formula is C27H33ClN4O3. The second-order valence-electron chi connectivity index (χ2n) is 9.74. The summed E-state index contributed by atoms with van der Waals surface area (Å²) < 4.78 is 12.5. The van der Waals surface area contributed by atoms with E-state index in [2.05, 4.69) is 46.1 Å². The summed E-state index contributed by atoms with van der Waals surface area (Å²) >= 11 is 6.04. The van der Waals surface area contributed by atoms with E-state index in [1.807, 2.05) is 35.4 Å². The molecule has 8 heteroatoms. The van der Waals surface area contributed by atoms with Crippen LogP contribution in [-0.2, 0) is 16.1 Å². The second kappa shape index (κ2) is 10.6. The Hall–Kier alpha value is -2.58. The van der Waals surface area contributed by atoms with Crippen molar-refractivity contribution in [2.75, 3.05) is 59.5 Å². The van der Waals surface area contributed by atoms with Gasteiger partial charge in [0, 0.05) is 62.5 Å². The lowest BCUT2D eigenvalue weighted by Gasteiger charge is -2.43. The number of carbonyl (C=O) groups is 1. The topological polar surface area (TPSA) is 61.0 Å². The summed E-state index contributed by atoms with van der Waals surface area (Å²) in [4.78, 5) is 23.2. The molecular weight excluding hydrogens is 464 g/mol. The average Bonchev–Trinajstić information content (AvgIpc) is 3.32. The minimum Gasteiger partial charge on any atom is -0.491 e. The van der Waals surface area contributed by atoms with E-state index in [1.165, 1.54) is 10.9 Å². The van der Waals surface area contributed by atoms with Crippen LogP contribution in [-0.4, -0.2) is 90.7 Å². The van der Waals surface area contributed by atoms with Crippen molar-refractivity contribution in [3.63, 3.8) is 0 Å². The molecule has 5 rings (SSSR count). The molecule has 2 aromatic carbocycles. The molecule has 2 saturated heterocycles. The van der Waals surface area contributed by atoms with Crippen molar-refractivity contribution in [3.8, 4) is 5.75 Å². The van der Waals surface area contributed by atoms with Gasteiger partial charge in [-0.1, -0.05) is 23.7 Å². The Morgan fingerprint density at radius 2 is 1.89 bits per heavy atom. The molecule has 0 spiro atoms. The molecule has 1 atom stereocenters. The Labute approximate surface area is 211 Å². The molecule has 2 aliphatic rings. The van der Waals surface area contributed by atoms with Crippen LogP contribution in [0.4, 0.5) is 0 Å². The first-order chi connectivity index (χ1) is 17.0. The van der Waals surface area contributed by atoms with Gasteiger partial charge in [-0.3, -0.25) is 9.69 Å². The van der Waals surface area contributed by atoms with Crippen LogP contribution < -0.4 is 4.74 Å². The van der Waals surface area contributed by atoms with Gasteiger partial charge < -0.3 is 24.3 Å². The number of hydrogen-bond acceptors (Lipinski definition) is 5. The van der Waals surface area contributed by atoms with Crippen molar-refractivity contribution >= 4 is 28.4 Å².